The molecule has 0 bridgehead atoms. The Hall–Kier alpha value is -0.0800. The third kappa shape index (κ3) is 24.0. The van der Waals surface area contributed by atoms with E-state index in [1.54, 1.807) is 0 Å². The van der Waals surface area contributed by atoms with Gasteiger partial charge in [-0.05, 0) is 12.8 Å². The average Bonchev–Trinajstić information content (AvgIpc) is 2.70. The van der Waals surface area contributed by atoms with E-state index in [4.69, 9.17) is 5.84 Å². The molecule has 2 nitrogen and oxygen atoms in total. The fraction of sp³-hybridized carbons (Fsp3) is 1.00. The minimum atomic E-state index is 1.09. The SMILES string of the molecule is CCCCCCCCCCCCCCN(N)CCCCCCCCCCCC. The summed E-state index contributed by atoms with van der Waals surface area (Å²) in [6, 6.07) is 0. The van der Waals surface area contributed by atoms with Crippen LogP contribution in [-0.4, -0.2) is 18.1 Å². The molecule has 0 rings (SSSR count). The van der Waals surface area contributed by atoms with Crippen LogP contribution in [0.5, 0.6) is 0 Å². The van der Waals surface area contributed by atoms with Crippen LogP contribution >= 0.6 is 0 Å². The van der Waals surface area contributed by atoms with Crippen LogP contribution in [0.4, 0.5) is 0 Å². The van der Waals surface area contributed by atoms with Crippen LogP contribution < -0.4 is 5.84 Å². The third-order valence-electron chi connectivity index (χ3n) is 6.10. The Balaban J connectivity index is 3.12. The highest BCUT2D eigenvalue weighted by molar-refractivity contribution is 4.54. The van der Waals surface area contributed by atoms with E-state index in [-0.39, 0.29) is 0 Å². The second-order valence-electron chi connectivity index (χ2n) is 9.11. The predicted molar refractivity (Wildman–Crippen MR) is 129 cm³/mol. The van der Waals surface area contributed by atoms with Gasteiger partial charge in [-0.25, -0.2) is 5.01 Å². The maximum Gasteiger partial charge on any atom is 0.0128 e. The highest BCUT2D eigenvalue weighted by atomic mass is 15.4. The van der Waals surface area contributed by atoms with Gasteiger partial charge in [-0.15, -0.1) is 0 Å². The normalized spacial score (nSPS) is 11.6. The zero-order chi connectivity index (χ0) is 20.5. The van der Waals surface area contributed by atoms with Gasteiger partial charge in [-0.3, -0.25) is 5.84 Å². The summed E-state index contributed by atoms with van der Waals surface area (Å²) in [6.45, 7) is 6.77. The summed E-state index contributed by atoms with van der Waals surface area (Å²) in [4.78, 5) is 0. The van der Waals surface area contributed by atoms with Crippen LogP contribution in [0.3, 0.4) is 0 Å². The molecule has 0 radical (unpaired) electrons. The molecule has 0 aliphatic heterocycles. The number of unbranched alkanes of at least 4 members (excludes halogenated alkanes) is 20. The van der Waals surface area contributed by atoms with Gasteiger partial charge in [0.2, 0.25) is 0 Å². The molecule has 0 aromatic rings. The molecule has 2 N–H and O–H groups in total. The topological polar surface area (TPSA) is 29.3 Å². The molecule has 170 valence electrons. The number of nitrogens with two attached hydrogens (primary N) is 1. The number of hydrogen-bond donors (Lipinski definition) is 1. The lowest BCUT2D eigenvalue weighted by atomic mass is 10.1. The van der Waals surface area contributed by atoms with E-state index in [2.05, 4.69) is 18.9 Å². The van der Waals surface area contributed by atoms with Crippen LogP contribution in [0.25, 0.3) is 0 Å². The van der Waals surface area contributed by atoms with Gasteiger partial charge in [0.25, 0.3) is 0 Å². The molecule has 0 saturated heterocycles. The molecule has 0 atom stereocenters. The number of hydrogen-bond acceptors (Lipinski definition) is 2. The Morgan fingerprint density at radius 3 is 0.821 bits per heavy atom. The van der Waals surface area contributed by atoms with E-state index in [9.17, 15) is 0 Å². The van der Waals surface area contributed by atoms with E-state index in [1.807, 2.05) is 0 Å². The first-order valence-corrected chi connectivity index (χ1v) is 13.3. The zero-order valence-corrected chi connectivity index (χ0v) is 20.0. The Bertz CT molecular complexity index is 267. The molecule has 0 aromatic heterocycles. The average molecular weight is 397 g/mol. The zero-order valence-electron chi connectivity index (χ0n) is 20.0. The van der Waals surface area contributed by atoms with Crippen molar-refractivity contribution in [2.45, 2.75) is 155 Å². The first-order chi connectivity index (χ1) is 13.8. The fourth-order valence-electron chi connectivity index (χ4n) is 4.07. The van der Waals surface area contributed by atoms with Gasteiger partial charge in [-0.1, -0.05) is 142 Å². The van der Waals surface area contributed by atoms with Crippen molar-refractivity contribution in [2.24, 2.45) is 5.84 Å². The summed E-state index contributed by atoms with van der Waals surface area (Å²) in [5, 5.41) is 2.07. The summed E-state index contributed by atoms with van der Waals surface area (Å²) in [5.41, 5.74) is 0. The second kappa shape index (κ2) is 25.0. The van der Waals surface area contributed by atoms with E-state index >= 15 is 0 Å². The minimum Gasteiger partial charge on any atom is -0.269 e. The fourth-order valence-corrected chi connectivity index (χ4v) is 4.07. The lowest BCUT2D eigenvalue weighted by Gasteiger charge is -2.16. The van der Waals surface area contributed by atoms with Crippen molar-refractivity contribution < 1.29 is 0 Å². The number of hydrazine groups is 1. The second-order valence-corrected chi connectivity index (χ2v) is 9.11. The summed E-state index contributed by atoms with van der Waals surface area (Å²) in [6.07, 6.45) is 31.0. The molecule has 0 fully saturated rings. The standard InChI is InChI=1S/C26H56N2/c1-3-5-7-9-11-13-15-16-18-20-22-24-26-28(27)25-23-21-19-17-14-12-10-8-6-4-2/h3-27H2,1-2H3. The molecule has 0 unspecified atom stereocenters. The first kappa shape index (κ1) is 27.9. The van der Waals surface area contributed by atoms with E-state index in [0.29, 0.717) is 0 Å². The van der Waals surface area contributed by atoms with Gasteiger partial charge in [-0.2, -0.15) is 0 Å². The summed E-state index contributed by atoms with van der Waals surface area (Å²) in [5.74, 6) is 6.15. The van der Waals surface area contributed by atoms with Crippen LogP contribution in [0, 0.1) is 0 Å². The van der Waals surface area contributed by atoms with Gasteiger partial charge in [0.05, 0.1) is 0 Å². The van der Waals surface area contributed by atoms with Crippen molar-refractivity contribution in [1.29, 1.82) is 0 Å². The largest absolute Gasteiger partial charge is 0.269 e. The smallest absolute Gasteiger partial charge is 0.0128 e. The molecule has 28 heavy (non-hydrogen) atoms. The molecular formula is C26H56N2. The summed E-state index contributed by atoms with van der Waals surface area (Å²) in [7, 11) is 0. The number of nitrogens with zero attached hydrogens (tertiary/aromatic N) is 1. The van der Waals surface area contributed by atoms with Crippen molar-refractivity contribution in [3.8, 4) is 0 Å². The maximum atomic E-state index is 6.15. The number of rotatable bonds is 24. The molecule has 0 amide bonds. The van der Waals surface area contributed by atoms with Gasteiger partial charge in [0, 0.05) is 13.1 Å². The Kier molecular flexibility index (Phi) is 24.9. The van der Waals surface area contributed by atoms with Gasteiger partial charge in [0.1, 0.15) is 0 Å². The van der Waals surface area contributed by atoms with E-state index < -0.39 is 0 Å². The Labute approximate surface area is 179 Å². The quantitative estimate of drug-likeness (QED) is 0.100. The van der Waals surface area contributed by atoms with Crippen molar-refractivity contribution in [3.63, 3.8) is 0 Å². The van der Waals surface area contributed by atoms with Crippen LogP contribution in [-0.2, 0) is 0 Å². The minimum absolute atomic E-state index is 1.09. The van der Waals surface area contributed by atoms with Gasteiger partial charge >= 0.3 is 0 Å². The molecule has 2 heteroatoms. The highest BCUT2D eigenvalue weighted by Crippen LogP contribution is 2.13. The lowest BCUT2D eigenvalue weighted by Crippen LogP contribution is -2.32. The monoisotopic (exact) mass is 396 g/mol. The van der Waals surface area contributed by atoms with Gasteiger partial charge in [0.15, 0.2) is 0 Å². The maximum absolute atomic E-state index is 6.15. The molecule has 0 saturated carbocycles. The molecular weight excluding hydrogens is 340 g/mol. The highest BCUT2D eigenvalue weighted by Gasteiger charge is 2.00. The van der Waals surface area contributed by atoms with Crippen molar-refractivity contribution in [3.05, 3.63) is 0 Å². The Morgan fingerprint density at radius 1 is 0.357 bits per heavy atom. The summed E-state index contributed by atoms with van der Waals surface area (Å²) >= 11 is 0. The predicted octanol–water partition coefficient (Wildman–Crippen LogP) is 8.78. The Morgan fingerprint density at radius 2 is 0.571 bits per heavy atom. The third-order valence-corrected chi connectivity index (χ3v) is 6.10. The van der Waals surface area contributed by atoms with Crippen LogP contribution in [0.1, 0.15) is 155 Å². The van der Waals surface area contributed by atoms with Crippen molar-refractivity contribution in [2.75, 3.05) is 13.1 Å². The molecule has 0 aliphatic carbocycles. The first-order valence-electron chi connectivity index (χ1n) is 13.3. The van der Waals surface area contributed by atoms with E-state index in [0.717, 1.165) is 13.1 Å². The van der Waals surface area contributed by atoms with E-state index in [1.165, 1.54) is 141 Å². The van der Waals surface area contributed by atoms with Crippen molar-refractivity contribution >= 4 is 0 Å². The van der Waals surface area contributed by atoms with Gasteiger partial charge < -0.3 is 0 Å². The lowest BCUT2D eigenvalue weighted by molar-refractivity contribution is 0.268. The molecule has 0 heterocycles. The summed E-state index contributed by atoms with van der Waals surface area (Å²) < 4.78 is 0. The van der Waals surface area contributed by atoms with Crippen LogP contribution in [0.2, 0.25) is 0 Å². The van der Waals surface area contributed by atoms with Crippen LogP contribution in [0.15, 0.2) is 0 Å². The van der Waals surface area contributed by atoms with Crippen molar-refractivity contribution in [1.82, 2.24) is 5.01 Å². The molecule has 0 spiro atoms. The molecule has 0 aliphatic rings. The molecule has 0 aromatic carbocycles.